The van der Waals surface area contributed by atoms with E-state index in [2.05, 4.69) is 39.9 Å². The zero-order valence-corrected chi connectivity index (χ0v) is 45.1. The van der Waals surface area contributed by atoms with Crippen LogP contribution >= 0.6 is 0 Å². The lowest BCUT2D eigenvalue weighted by atomic mass is 9.74. The Morgan fingerprint density at radius 3 is 2.15 bits per heavy atom. The molecule has 68 heavy (non-hydrogen) atoms. The van der Waals surface area contributed by atoms with Gasteiger partial charge in [0, 0.05) is 52.0 Å². The molecule has 3 fully saturated rings. The van der Waals surface area contributed by atoms with Crippen LogP contribution in [0.25, 0.3) is 0 Å². The van der Waals surface area contributed by atoms with Crippen LogP contribution in [0.3, 0.4) is 0 Å². The molecule has 15 nitrogen and oxygen atoms in total. The van der Waals surface area contributed by atoms with Crippen molar-refractivity contribution in [2.45, 2.75) is 218 Å². The van der Waals surface area contributed by atoms with E-state index in [4.69, 9.17) is 32.8 Å². The summed E-state index contributed by atoms with van der Waals surface area (Å²) in [5.41, 5.74) is -0.171. The predicted molar refractivity (Wildman–Crippen MR) is 261 cm³/mol. The van der Waals surface area contributed by atoms with E-state index in [1.165, 1.54) is 26.2 Å². The molecule has 3 heterocycles. The van der Waals surface area contributed by atoms with Crippen LogP contribution < -0.4 is 0 Å². The van der Waals surface area contributed by atoms with Crippen LogP contribution in [0.4, 0.5) is 0 Å². The van der Waals surface area contributed by atoms with Gasteiger partial charge >= 0.3 is 11.9 Å². The molecule has 0 aromatic carbocycles. The summed E-state index contributed by atoms with van der Waals surface area (Å²) in [6.07, 6.45) is 3.70. The topological polar surface area (TPSA) is 197 Å². The summed E-state index contributed by atoms with van der Waals surface area (Å²) in [7, 11) is 3.90. The number of aliphatic hydroxyl groups excluding tert-OH is 1. The minimum atomic E-state index is -2.54. The van der Waals surface area contributed by atoms with E-state index in [0.29, 0.717) is 44.1 Å². The van der Waals surface area contributed by atoms with E-state index in [9.17, 15) is 34.5 Å². The van der Waals surface area contributed by atoms with E-state index >= 15 is 0 Å². The first-order valence-corrected chi connectivity index (χ1v) is 28.2. The zero-order valence-electron chi connectivity index (χ0n) is 44.1. The molecule has 0 spiro atoms. The van der Waals surface area contributed by atoms with Crippen LogP contribution in [-0.4, -0.2) is 147 Å². The van der Waals surface area contributed by atoms with Gasteiger partial charge in [-0.15, -0.1) is 0 Å². The number of methoxy groups -OCH3 is 4. The molecule has 1 saturated carbocycles. The highest BCUT2D eigenvalue weighted by atomic mass is 28.4. The highest BCUT2D eigenvalue weighted by Gasteiger charge is 2.57. The number of amides is 1. The van der Waals surface area contributed by atoms with Crippen molar-refractivity contribution in [3.05, 3.63) is 23.3 Å². The minimum absolute atomic E-state index is 0.00600. The minimum Gasteiger partial charge on any atom is -0.469 e. The monoisotopic (exact) mass is 980 g/mol. The summed E-state index contributed by atoms with van der Waals surface area (Å²) in [6, 6.07) is -1.18. The number of hydrogen-bond donors (Lipinski definition) is 3. The van der Waals surface area contributed by atoms with Gasteiger partial charge in [0.2, 0.25) is 5.79 Å². The highest BCUT2D eigenvalue weighted by Crippen LogP contribution is 2.43. The standard InChI is InChI=1S/C52H89NO14Si/c1-16-37-24-31(2)23-32(3)25-42(62-11)46-43(63-12)27-34(5)52(60,66-46)47(56)48(57)53-22-18-17-19-38(53)49(58)65-45(35(6)39(54)29-51(37,59)30-44(55)64-13)33(4)26-36-20-21-40(41(28-36)61-10)67-68(14,15)50(7,8)9/h24,26,32,34-43,45-46,54,59-60H,16-23,25,27-30H2,1-15H3/b31-24+,33-26+/t32-,34+,35+,36?,37+,38-,39-,40+,41+,42?,43-,45+,46+,51?,52+/m0/s1. The number of esters is 2. The van der Waals surface area contributed by atoms with Crippen molar-refractivity contribution in [2.24, 2.45) is 29.6 Å². The lowest BCUT2D eigenvalue weighted by molar-refractivity contribution is -0.302. The molecule has 3 N–H and O–H groups in total. The molecule has 2 saturated heterocycles. The third-order valence-electron chi connectivity index (χ3n) is 16.2. The molecule has 3 aliphatic heterocycles. The average molecular weight is 980 g/mol. The molecule has 1 aliphatic carbocycles. The molecule has 0 radical (unpaired) electrons. The van der Waals surface area contributed by atoms with Gasteiger partial charge in [-0.05, 0) is 114 Å². The Bertz CT molecular complexity index is 1780. The number of carbonyl (C=O) groups excluding carboxylic acids is 4. The van der Waals surface area contributed by atoms with Crippen LogP contribution in [0.2, 0.25) is 18.1 Å². The van der Waals surface area contributed by atoms with Gasteiger partial charge in [-0.2, -0.15) is 0 Å². The molecule has 2 bridgehead atoms. The van der Waals surface area contributed by atoms with Crippen molar-refractivity contribution in [3.8, 4) is 0 Å². The Labute approximate surface area is 408 Å². The molecule has 390 valence electrons. The van der Waals surface area contributed by atoms with E-state index in [-0.39, 0.29) is 61.3 Å². The molecule has 16 heteroatoms. The molecule has 15 atom stereocenters. The summed E-state index contributed by atoms with van der Waals surface area (Å²) in [5.74, 6) is -8.46. The van der Waals surface area contributed by atoms with Gasteiger partial charge in [-0.3, -0.25) is 14.4 Å². The predicted octanol–water partition coefficient (Wildman–Crippen LogP) is 7.23. The number of fused-ring (bicyclic) bond motifs is 3. The molecule has 1 amide bonds. The van der Waals surface area contributed by atoms with E-state index in [1.807, 2.05) is 33.8 Å². The summed E-state index contributed by atoms with van der Waals surface area (Å²) >= 11 is 0. The lowest BCUT2D eigenvalue weighted by Gasteiger charge is -2.47. The number of ether oxygens (including phenoxy) is 6. The highest BCUT2D eigenvalue weighted by molar-refractivity contribution is 6.74. The van der Waals surface area contributed by atoms with Crippen molar-refractivity contribution in [3.63, 3.8) is 0 Å². The van der Waals surface area contributed by atoms with Gasteiger partial charge in [0.25, 0.3) is 11.7 Å². The first-order chi connectivity index (χ1) is 31.7. The lowest BCUT2D eigenvalue weighted by Crippen LogP contribution is -2.64. The number of rotatable bonds is 10. The second kappa shape index (κ2) is 24.2. The van der Waals surface area contributed by atoms with Crippen LogP contribution in [-0.2, 0) is 52.0 Å². The van der Waals surface area contributed by atoms with Crippen molar-refractivity contribution in [1.82, 2.24) is 4.90 Å². The van der Waals surface area contributed by atoms with E-state index in [1.54, 1.807) is 21.0 Å². The number of piperidine rings is 1. The van der Waals surface area contributed by atoms with Gasteiger partial charge in [0.15, 0.2) is 8.32 Å². The SMILES string of the molecule is CC[C@@H]1/C=C(\C)C[C@H](C)CC(OC)[C@H]2O[C@@](O)(C(=O)C(=O)N3CCCC[C@H]3C(=O)O[C@H](/C(C)=C/C3CC[C@@H](O[Si](C)(C)C(C)(C)C)[C@H](OC)C3)[C@H](C)[C@@H](O)CC1(O)CC(=O)OC)[C@H](C)C[C@@H]2OC. The largest absolute Gasteiger partial charge is 0.469 e. The van der Waals surface area contributed by atoms with Crippen molar-refractivity contribution >= 4 is 31.9 Å². The number of carbonyl (C=O) groups is 4. The van der Waals surface area contributed by atoms with Crippen LogP contribution in [0.5, 0.6) is 0 Å². The first kappa shape index (κ1) is 58.0. The Balaban J connectivity index is 1.83. The fourth-order valence-corrected chi connectivity index (χ4v) is 12.3. The van der Waals surface area contributed by atoms with E-state index < -0.39 is 97.6 Å². The third-order valence-corrected chi connectivity index (χ3v) is 20.7. The molecular weight excluding hydrogens is 891 g/mol. The maximum atomic E-state index is 14.7. The van der Waals surface area contributed by atoms with Gasteiger partial charge in [-0.25, -0.2) is 4.79 Å². The smallest absolute Gasteiger partial charge is 0.329 e. The molecule has 0 aromatic heterocycles. The number of allylic oxidation sites excluding steroid dienone is 2. The van der Waals surface area contributed by atoms with Crippen LogP contribution in [0.15, 0.2) is 23.3 Å². The molecule has 4 rings (SSSR count). The normalized spacial score (nSPS) is 38.9. The molecule has 0 aromatic rings. The Kier molecular flexibility index (Phi) is 20.7. The second-order valence-corrected chi connectivity index (χ2v) is 27.2. The Morgan fingerprint density at radius 1 is 0.926 bits per heavy atom. The molecule has 4 aliphatic rings. The maximum Gasteiger partial charge on any atom is 0.329 e. The number of nitrogens with zero attached hydrogens (tertiary/aromatic N) is 1. The number of aliphatic hydroxyl groups is 3. The fraction of sp³-hybridized carbons (Fsp3) is 0.846. The first-order valence-electron chi connectivity index (χ1n) is 25.3. The van der Waals surface area contributed by atoms with Crippen LogP contribution in [0.1, 0.15) is 139 Å². The summed E-state index contributed by atoms with van der Waals surface area (Å²) < 4.78 is 42.6. The van der Waals surface area contributed by atoms with Gasteiger partial charge in [0.05, 0.1) is 49.7 Å². The number of ketones is 1. The molecule has 3 unspecified atom stereocenters. The number of hydrogen-bond acceptors (Lipinski definition) is 14. The number of Topliss-reactive ketones (excluding diaryl/α,β-unsaturated/α-hetero) is 1. The maximum absolute atomic E-state index is 14.7. The molecular formula is C52H89NO14Si. The summed E-state index contributed by atoms with van der Waals surface area (Å²) in [6.45, 7) is 22.3. The van der Waals surface area contributed by atoms with Gasteiger partial charge in [-0.1, -0.05) is 66.2 Å². The van der Waals surface area contributed by atoms with Crippen molar-refractivity contribution in [2.75, 3.05) is 35.0 Å². The van der Waals surface area contributed by atoms with Crippen molar-refractivity contribution in [1.29, 1.82) is 0 Å². The Morgan fingerprint density at radius 2 is 1.56 bits per heavy atom. The quantitative estimate of drug-likeness (QED) is 0.0858. The van der Waals surface area contributed by atoms with Gasteiger partial charge in [0.1, 0.15) is 18.2 Å². The average Bonchev–Trinajstić information content (AvgIpc) is 3.28. The zero-order chi connectivity index (χ0) is 51.1. The Hall–Kier alpha value is -2.54. The number of cyclic esters (lactones) is 1. The van der Waals surface area contributed by atoms with E-state index in [0.717, 1.165) is 18.4 Å². The van der Waals surface area contributed by atoms with Gasteiger partial charge < -0.3 is 53.1 Å². The van der Waals surface area contributed by atoms with Crippen LogP contribution in [0, 0.1) is 29.6 Å². The summed E-state index contributed by atoms with van der Waals surface area (Å²) in [5, 5.41) is 37.1. The fourth-order valence-electron chi connectivity index (χ4n) is 11.0. The third kappa shape index (κ3) is 13.7. The second-order valence-electron chi connectivity index (χ2n) is 22.4. The van der Waals surface area contributed by atoms with Crippen molar-refractivity contribution < 1.29 is 67.3 Å². The summed E-state index contributed by atoms with van der Waals surface area (Å²) in [4.78, 5) is 57.9.